The van der Waals surface area contributed by atoms with Crippen LogP contribution < -0.4 is 14.2 Å². The first-order valence-corrected chi connectivity index (χ1v) is 7.68. The van der Waals surface area contributed by atoms with E-state index in [0.717, 1.165) is 35.2 Å². The van der Waals surface area contributed by atoms with Crippen molar-refractivity contribution in [1.82, 2.24) is 0 Å². The Labute approximate surface area is 124 Å². The lowest BCUT2D eigenvalue weighted by molar-refractivity contribution is 0.263. The molecule has 0 saturated carbocycles. The van der Waals surface area contributed by atoms with Gasteiger partial charge in [0.2, 0.25) is 5.75 Å². The molecular formula is C15H23BrO3. The van der Waals surface area contributed by atoms with Gasteiger partial charge in [-0.1, -0.05) is 29.8 Å². The molecule has 0 bridgehead atoms. The SMILES string of the molecule is COc1cc(CBr)cc(OC)c1OCCCC(C)C. The fourth-order valence-corrected chi connectivity index (χ4v) is 2.14. The van der Waals surface area contributed by atoms with Crippen LogP contribution in [0.1, 0.15) is 32.3 Å². The number of methoxy groups -OCH3 is 2. The van der Waals surface area contributed by atoms with Gasteiger partial charge in [-0.05, 0) is 36.5 Å². The van der Waals surface area contributed by atoms with Crippen molar-refractivity contribution in [3.63, 3.8) is 0 Å². The predicted octanol–water partition coefficient (Wildman–Crippen LogP) is 4.41. The van der Waals surface area contributed by atoms with Crippen molar-refractivity contribution in [2.24, 2.45) is 5.92 Å². The van der Waals surface area contributed by atoms with Gasteiger partial charge in [0, 0.05) is 5.33 Å². The molecule has 0 N–H and O–H groups in total. The number of hydrogen-bond acceptors (Lipinski definition) is 3. The predicted molar refractivity (Wildman–Crippen MR) is 81.7 cm³/mol. The molecule has 1 rings (SSSR count). The second kappa shape index (κ2) is 8.31. The molecule has 3 nitrogen and oxygen atoms in total. The van der Waals surface area contributed by atoms with E-state index in [4.69, 9.17) is 14.2 Å². The van der Waals surface area contributed by atoms with Crippen LogP contribution in [0, 0.1) is 5.92 Å². The number of halogens is 1. The van der Waals surface area contributed by atoms with Crippen molar-refractivity contribution in [2.75, 3.05) is 20.8 Å². The highest BCUT2D eigenvalue weighted by Gasteiger charge is 2.13. The van der Waals surface area contributed by atoms with Crippen molar-refractivity contribution in [1.29, 1.82) is 0 Å². The van der Waals surface area contributed by atoms with Gasteiger partial charge in [0.1, 0.15) is 0 Å². The largest absolute Gasteiger partial charge is 0.493 e. The standard InChI is InChI=1S/C15H23BrO3/c1-11(2)6-5-7-19-15-13(17-3)8-12(10-16)9-14(15)18-4/h8-9,11H,5-7,10H2,1-4H3. The lowest BCUT2D eigenvalue weighted by Gasteiger charge is -2.16. The monoisotopic (exact) mass is 330 g/mol. The summed E-state index contributed by atoms with van der Waals surface area (Å²) in [4.78, 5) is 0. The molecule has 0 atom stereocenters. The Kier molecular flexibility index (Phi) is 7.06. The van der Waals surface area contributed by atoms with Gasteiger partial charge in [-0.2, -0.15) is 0 Å². The van der Waals surface area contributed by atoms with Gasteiger partial charge in [-0.3, -0.25) is 0 Å². The van der Waals surface area contributed by atoms with E-state index in [9.17, 15) is 0 Å². The molecule has 19 heavy (non-hydrogen) atoms. The molecule has 0 spiro atoms. The van der Waals surface area contributed by atoms with Gasteiger partial charge in [0.15, 0.2) is 11.5 Å². The molecule has 4 heteroatoms. The van der Waals surface area contributed by atoms with E-state index in [1.807, 2.05) is 12.1 Å². The molecule has 0 aromatic heterocycles. The third-order valence-electron chi connectivity index (χ3n) is 2.85. The van der Waals surface area contributed by atoms with Crippen LogP contribution in [-0.4, -0.2) is 20.8 Å². The summed E-state index contributed by atoms with van der Waals surface area (Å²) in [6.07, 6.45) is 2.19. The molecule has 108 valence electrons. The van der Waals surface area contributed by atoms with Gasteiger partial charge in [0.25, 0.3) is 0 Å². The maximum Gasteiger partial charge on any atom is 0.203 e. The first-order valence-electron chi connectivity index (χ1n) is 6.56. The minimum Gasteiger partial charge on any atom is -0.493 e. The number of rotatable bonds is 8. The van der Waals surface area contributed by atoms with Crippen LogP contribution in [0.5, 0.6) is 17.2 Å². The van der Waals surface area contributed by atoms with E-state index in [1.54, 1.807) is 14.2 Å². The van der Waals surface area contributed by atoms with E-state index in [2.05, 4.69) is 29.8 Å². The maximum absolute atomic E-state index is 5.83. The van der Waals surface area contributed by atoms with Gasteiger partial charge in [-0.15, -0.1) is 0 Å². The highest BCUT2D eigenvalue weighted by atomic mass is 79.9. The van der Waals surface area contributed by atoms with E-state index in [0.29, 0.717) is 18.3 Å². The van der Waals surface area contributed by atoms with Crippen molar-refractivity contribution in [2.45, 2.75) is 32.0 Å². The zero-order chi connectivity index (χ0) is 14.3. The lowest BCUT2D eigenvalue weighted by atomic mass is 10.1. The van der Waals surface area contributed by atoms with E-state index in [1.165, 1.54) is 0 Å². The molecule has 0 amide bonds. The number of ether oxygens (including phenoxy) is 3. The van der Waals surface area contributed by atoms with Gasteiger partial charge < -0.3 is 14.2 Å². The third kappa shape index (κ3) is 4.94. The summed E-state index contributed by atoms with van der Waals surface area (Å²) in [5.74, 6) is 2.83. The molecule has 1 aromatic carbocycles. The normalized spacial score (nSPS) is 10.6. The Hall–Kier alpha value is -0.900. The molecule has 0 aliphatic carbocycles. The fraction of sp³-hybridized carbons (Fsp3) is 0.600. The highest BCUT2D eigenvalue weighted by Crippen LogP contribution is 2.39. The molecule has 0 aliphatic heterocycles. The van der Waals surface area contributed by atoms with E-state index < -0.39 is 0 Å². The average molecular weight is 331 g/mol. The maximum atomic E-state index is 5.83. The molecule has 0 aliphatic rings. The minimum atomic E-state index is 0.679. The quantitative estimate of drug-likeness (QED) is 0.521. The van der Waals surface area contributed by atoms with Gasteiger partial charge in [-0.25, -0.2) is 0 Å². The molecule has 0 heterocycles. The Morgan fingerprint density at radius 2 is 1.68 bits per heavy atom. The van der Waals surface area contributed by atoms with Crippen molar-refractivity contribution >= 4 is 15.9 Å². The van der Waals surface area contributed by atoms with E-state index >= 15 is 0 Å². The zero-order valence-electron chi connectivity index (χ0n) is 12.2. The van der Waals surface area contributed by atoms with Crippen LogP contribution in [0.15, 0.2) is 12.1 Å². The summed E-state index contributed by atoms with van der Waals surface area (Å²) in [6.45, 7) is 5.11. The first kappa shape index (κ1) is 16.2. The highest BCUT2D eigenvalue weighted by molar-refractivity contribution is 9.08. The Morgan fingerprint density at radius 3 is 2.11 bits per heavy atom. The van der Waals surface area contributed by atoms with Crippen LogP contribution in [0.2, 0.25) is 0 Å². The van der Waals surface area contributed by atoms with Crippen molar-refractivity contribution < 1.29 is 14.2 Å². The number of alkyl halides is 1. The second-order valence-corrected chi connectivity index (χ2v) is 5.41. The summed E-state index contributed by atoms with van der Waals surface area (Å²) in [6, 6.07) is 3.93. The smallest absolute Gasteiger partial charge is 0.203 e. The van der Waals surface area contributed by atoms with Crippen molar-refractivity contribution in [3.8, 4) is 17.2 Å². The third-order valence-corrected chi connectivity index (χ3v) is 3.49. The summed E-state index contributed by atoms with van der Waals surface area (Å²) in [5.41, 5.74) is 1.10. The van der Waals surface area contributed by atoms with Gasteiger partial charge in [0.05, 0.1) is 20.8 Å². The minimum absolute atomic E-state index is 0.679. The summed E-state index contributed by atoms with van der Waals surface area (Å²) in [5, 5.41) is 0.757. The molecule has 0 radical (unpaired) electrons. The topological polar surface area (TPSA) is 27.7 Å². The van der Waals surface area contributed by atoms with E-state index in [-0.39, 0.29) is 0 Å². The molecular weight excluding hydrogens is 308 g/mol. The number of benzene rings is 1. The zero-order valence-corrected chi connectivity index (χ0v) is 13.7. The lowest BCUT2D eigenvalue weighted by Crippen LogP contribution is -2.03. The van der Waals surface area contributed by atoms with Gasteiger partial charge >= 0.3 is 0 Å². The molecule has 1 aromatic rings. The fourth-order valence-electron chi connectivity index (χ4n) is 1.82. The second-order valence-electron chi connectivity index (χ2n) is 4.85. The first-order chi connectivity index (χ1) is 9.12. The van der Waals surface area contributed by atoms with Crippen LogP contribution in [-0.2, 0) is 5.33 Å². The molecule has 0 saturated heterocycles. The van der Waals surface area contributed by atoms with Crippen LogP contribution >= 0.6 is 15.9 Å². The summed E-state index contributed by atoms with van der Waals surface area (Å²) >= 11 is 3.44. The van der Waals surface area contributed by atoms with Crippen molar-refractivity contribution in [3.05, 3.63) is 17.7 Å². The Balaban J connectivity index is 2.79. The van der Waals surface area contributed by atoms with Crippen LogP contribution in [0.4, 0.5) is 0 Å². The number of hydrogen-bond donors (Lipinski definition) is 0. The van der Waals surface area contributed by atoms with Crippen LogP contribution in [0.3, 0.4) is 0 Å². The summed E-state index contributed by atoms with van der Waals surface area (Å²) < 4.78 is 16.6. The average Bonchev–Trinajstić information content (AvgIpc) is 2.42. The van der Waals surface area contributed by atoms with Crippen LogP contribution in [0.25, 0.3) is 0 Å². The Morgan fingerprint density at radius 1 is 1.11 bits per heavy atom. The molecule has 0 unspecified atom stereocenters. The molecule has 0 fully saturated rings. The Bertz CT molecular complexity index is 366. The summed E-state index contributed by atoms with van der Waals surface area (Å²) in [7, 11) is 3.29.